The van der Waals surface area contributed by atoms with Crippen LogP contribution in [0, 0.1) is 0 Å². The van der Waals surface area contributed by atoms with Crippen molar-refractivity contribution in [3.05, 3.63) is 11.9 Å². The molecule has 6 nitrogen and oxygen atoms in total. The van der Waals surface area contributed by atoms with Gasteiger partial charge in [0.2, 0.25) is 5.91 Å². The van der Waals surface area contributed by atoms with E-state index in [4.69, 9.17) is 0 Å². The number of hydrogen-bond donors (Lipinski definition) is 2. The van der Waals surface area contributed by atoms with Gasteiger partial charge in [-0.3, -0.25) is 4.79 Å². The highest BCUT2D eigenvalue weighted by molar-refractivity contribution is 5.86. The maximum absolute atomic E-state index is 11.9. The van der Waals surface area contributed by atoms with Crippen molar-refractivity contribution in [3.8, 4) is 0 Å². The fourth-order valence-corrected chi connectivity index (χ4v) is 2.31. The summed E-state index contributed by atoms with van der Waals surface area (Å²) >= 11 is 0. The Hall–Kier alpha value is -1.85. The third-order valence-corrected chi connectivity index (χ3v) is 3.34. The lowest BCUT2D eigenvalue weighted by Crippen LogP contribution is -2.55. The largest absolute Gasteiger partial charge is 0.373 e. The van der Waals surface area contributed by atoms with Crippen molar-refractivity contribution in [2.24, 2.45) is 0 Å². The Kier molecular flexibility index (Phi) is 4.19. The van der Waals surface area contributed by atoms with Crippen molar-refractivity contribution >= 4 is 17.5 Å². The van der Waals surface area contributed by atoms with E-state index >= 15 is 0 Å². The number of carbonyl (C=O) groups is 1. The Bertz CT molecular complexity index is 440. The molecule has 6 heteroatoms. The molecule has 0 aliphatic carbocycles. The highest BCUT2D eigenvalue weighted by Gasteiger charge is 2.29. The zero-order valence-electron chi connectivity index (χ0n) is 11.7. The lowest BCUT2D eigenvalue weighted by Gasteiger charge is -2.35. The first-order valence-electron chi connectivity index (χ1n) is 6.79. The average molecular weight is 263 g/mol. The Morgan fingerprint density at radius 2 is 2.26 bits per heavy atom. The number of aromatic nitrogens is 2. The summed E-state index contributed by atoms with van der Waals surface area (Å²) in [6.07, 6.45) is 1.55. The van der Waals surface area contributed by atoms with Gasteiger partial charge in [0.05, 0.1) is 0 Å². The molecule has 1 aliphatic rings. The van der Waals surface area contributed by atoms with E-state index in [0.29, 0.717) is 6.54 Å². The molecule has 1 aromatic heterocycles. The number of rotatable bonds is 4. The molecular weight excluding hydrogens is 242 g/mol. The number of piperazine rings is 1. The number of hydrogen-bond acceptors (Lipinski definition) is 5. The predicted molar refractivity (Wildman–Crippen MR) is 75.4 cm³/mol. The van der Waals surface area contributed by atoms with Crippen LogP contribution in [0.15, 0.2) is 6.07 Å². The van der Waals surface area contributed by atoms with E-state index in [2.05, 4.69) is 25.5 Å². The molecule has 0 saturated carbocycles. The minimum Gasteiger partial charge on any atom is -0.373 e. The van der Waals surface area contributed by atoms with Crippen LogP contribution in [-0.4, -0.2) is 42.1 Å². The summed E-state index contributed by atoms with van der Waals surface area (Å²) in [5.74, 6) is 2.50. The van der Waals surface area contributed by atoms with Crippen molar-refractivity contribution in [1.29, 1.82) is 0 Å². The Balaban J connectivity index is 2.35. The topological polar surface area (TPSA) is 70.2 Å². The number of aryl methyl sites for hydroxylation is 1. The van der Waals surface area contributed by atoms with Crippen LogP contribution in [0.3, 0.4) is 0 Å². The fraction of sp³-hybridized carbons (Fsp3) is 0.615. The van der Waals surface area contributed by atoms with Gasteiger partial charge in [-0.25, -0.2) is 9.97 Å². The Labute approximate surface area is 113 Å². The van der Waals surface area contributed by atoms with Gasteiger partial charge in [-0.1, -0.05) is 13.8 Å². The molecule has 0 spiro atoms. The zero-order chi connectivity index (χ0) is 13.8. The van der Waals surface area contributed by atoms with Crippen LogP contribution in [0.25, 0.3) is 0 Å². The second kappa shape index (κ2) is 5.86. The van der Waals surface area contributed by atoms with Crippen molar-refractivity contribution < 1.29 is 4.79 Å². The lowest BCUT2D eigenvalue weighted by molar-refractivity contribution is -0.123. The summed E-state index contributed by atoms with van der Waals surface area (Å²) in [5, 5.41) is 5.95. The van der Waals surface area contributed by atoms with E-state index in [1.807, 2.05) is 27.0 Å². The highest BCUT2D eigenvalue weighted by atomic mass is 16.2. The summed E-state index contributed by atoms with van der Waals surface area (Å²) in [6.45, 7) is 5.49. The average Bonchev–Trinajstić information content (AvgIpc) is 2.46. The van der Waals surface area contributed by atoms with Crippen LogP contribution in [0.4, 0.5) is 11.6 Å². The van der Waals surface area contributed by atoms with E-state index in [-0.39, 0.29) is 11.9 Å². The number of anilines is 2. The number of carbonyl (C=O) groups excluding carboxylic acids is 1. The van der Waals surface area contributed by atoms with Crippen molar-refractivity contribution in [3.63, 3.8) is 0 Å². The molecule has 1 atom stereocenters. The molecule has 1 fully saturated rings. The van der Waals surface area contributed by atoms with Gasteiger partial charge in [-0.05, 0) is 6.42 Å². The van der Waals surface area contributed by atoms with Gasteiger partial charge in [-0.15, -0.1) is 0 Å². The minimum atomic E-state index is -0.141. The summed E-state index contributed by atoms with van der Waals surface area (Å²) in [4.78, 5) is 22.9. The molecule has 0 bridgehead atoms. The molecule has 0 aromatic carbocycles. The maximum atomic E-state index is 11.9. The molecule has 1 unspecified atom stereocenters. The van der Waals surface area contributed by atoms with E-state index in [1.165, 1.54) is 0 Å². The normalized spacial score (nSPS) is 19.2. The first-order valence-corrected chi connectivity index (χ1v) is 6.79. The van der Waals surface area contributed by atoms with E-state index in [0.717, 1.165) is 36.8 Å². The second-order valence-corrected chi connectivity index (χ2v) is 4.54. The highest BCUT2D eigenvalue weighted by Crippen LogP contribution is 2.21. The van der Waals surface area contributed by atoms with Gasteiger partial charge in [-0.2, -0.15) is 0 Å². The van der Waals surface area contributed by atoms with Crippen LogP contribution >= 0.6 is 0 Å². The molecule has 1 aliphatic heterocycles. The van der Waals surface area contributed by atoms with Gasteiger partial charge in [0.1, 0.15) is 23.5 Å². The quantitative estimate of drug-likeness (QED) is 0.840. The monoisotopic (exact) mass is 263 g/mol. The smallest absolute Gasteiger partial charge is 0.242 e. The van der Waals surface area contributed by atoms with Gasteiger partial charge in [0.15, 0.2) is 0 Å². The molecule has 19 heavy (non-hydrogen) atoms. The SMILES string of the molecule is CCc1nc(NC)cc(N2CCNC(=O)C2CC)n1. The second-order valence-electron chi connectivity index (χ2n) is 4.54. The minimum absolute atomic E-state index is 0.0800. The third-order valence-electron chi connectivity index (χ3n) is 3.34. The number of amides is 1. The van der Waals surface area contributed by atoms with E-state index in [1.54, 1.807) is 0 Å². The first kappa shape index (κ1) is 13.6. The number of nitrogens with one attached hydrogen (secondary N) is 2. The van der Waals surface area contributed by atoms with Gasteiger partial charge >= 0.3 is 0 Å². The molecule has 0 radical (unpaired) electrons. The van der Waals surface area contributed by atoms with E-state index in [9.17, 15) is 4.79 Å². The first-order chi connectivity index (χ1) is 9.19. The molecular formula is C13H21N5O. The van der Waals surface area contributed by atoms with Gasteiger partial charge < -0.3 is 15.5 Å². The molecule has 1 amide bonds. The molecule has 2 rings (SSSR count). The molecule has 1 aromatic rings. The molecule has 2 N–H and O–H groups in total. The van der Waals surface area contributed by atoms with Crippen LogP contribution in [0.2, 0.25) is 0 Å². The molecule has 2 heterocycles. The summed E-state index contributed by atoms with van der Waals surface area (Å²) in [5.41, 5.74) is 0. The van der Waals surface area contributed by atoms with Crippen LogP contribution in [0.1, 0.15) is 26.1 Å². The maximum Gasteiger partial charge on any atom is 0.242 e. The molecule has 104 valence electrons. The zero-order valence-corrected chi connectivity index (χ0v) is 11.7. The fourth-order valence-electron chi connectivity index (χ4n) is 2.31. The van der Waals surface area contributed by atoms with Crippen molar-refractivity contribution in [2.45, 2.75) is 32.7 Å². The van der Waals surface area contributed by atoms with Crippen LogP contribution in [0.5, 0.6) is 0 Å². The third kappa shape index (κ3) is 2.77. The van der Waals surface area contributed by atoms with E-state index < -0.39 is 0 Å². The standard InChI is InChI=1S/C13H21N5O/c1-4-9-13(19)15-6-7-18(9)12-8-11(14-3)16-10(5-2)17-12/h8-9H,4-7H2,1-3H3,(H,15,19)(H,14,16,17). The predicted octanol–water partition coefficient (Wildman–Crippen LogP) is 0.795. The number of nitrogens with zero attached hydrogens (tertiary/aromatic N) is 3. The van der Waals surface area contributed by atoms with Crippen LogP contribution < -0.4 is 15.5 Å². The van der Waals surface area contributed by atoms with Crippen molar-refractivity contribution in [2.75, 3.05) is 30.4 Å². The van der Waals surface area contributed by atoms with Crippen molar-refractivity contribution in [1.82, 2.24) is 15.3 Å². The van der Waals surface area contributed by atoms with Gasteiger partial charge in [0, 0.05) is 32.6 Å². The summed E-state index contributed by atoms with van der Waals surface area (Å²) in [7, 11) is 1.84. The Morgan fingerprint density at radius 3 is 2.89 bits per heavy atom. The molecule has 1 saturated heterocycles. The van der Waals surface area contributed by atoms with Crippen LogP contribution in [-0.2, 0) is 11.2 Å². The van der Waals surface area contributed by atoms with Gasteiger partial charge in [0.25, 0.3) is 0 Å². The summed E-state index contributed by atoms with van der Waals surface area (Å²) in [6, 6.07) is 1.76. The summed E-state index contributed by atoms with van der Waals surface area (Å²) < 4.78 is 0. The lowest BCUT2D eigenvalue weighted by atomic mass is 10.1. The Morgan fingerprint density at radius 1 is 1.47 bits per heavy atom.